The Kier molecular flexibility index (Phi) is 5.42. The van der Waals surface area contributed by atoms with Crippen LogP contribution in [-0.2, 0) is 5.75 Å². The number of aromatic nitrogens is 2. The molecule has 0 spiro atoms. The Morgan fingerprint density at radius 2 is 2.25 bits per heavy atom. The topological polar surface area (TPSA) is 66.0 Å². The van der Waals surface area contributed by atoms with Gasteiger partial charge in [0.1, 0.15) is 0 Å². The SMILES string of the molecule is O=c1ccnc(SCc2cccc(C#CCCO)c2)[nH]1. The summed E-state index contributed by atoms with van der Waals surface area (Å²) in [5.41, 5.74) is 1.88. The fourth-order valence-corrected chi connectivity index (χ4v) is 2.33. The Hall–Kier alpha value is -2.03. The van der Waals surface area contributed by atoms with Gasteiger partial charge in [0.2, 0.25) is 0 Å². The Morgan fingerprint density at radius 3 is 3.05 bits per heavy atom. The summed E-state index contributed by atoms with van der Waals surface area (Å²) in [6, 6.07) is 9.27. The number of aliphatic hydroxyl groups is 1. The predicted molar refractivity (Wildman–Crippen MR) is 79.4 cm³/mol. The zero-order chi connectivity index (χ0) is 14.2. The van der Waals surface area contributed by atoms with Gasteiger partial charge in [-0.15, -0.1) is 0 Å². The average Bonchev–Trinajstić information content (AvgIpc) is 2.46. The predicted octanol–water partition coefficient (Wildman–Crippen LogP) is 1.80. The average molecular weight is 286 g/mol. The van der Waals surface area contributed by atoms with Gasteiger partial charge in [-0.2, -0.15) is 0 Å². The van der Waals surface area contributed by atoms with Crippen molar-refractivity contribution in [3.05, 3.63) is 58.0 Å². The Labute approximate surface area is 121 Å². The van der Waals surface area contributed by atoms with Crippen LogP contribution in [0.25, 0.3) is 0 Å². The molecule has 0 bridgehead atoms. The van der Waals surface area contributed by atoms with Crippen molar-refractivity contribution in [1.82, 2.24) is 9.97 Å². The van der Waals surface area contributed by atoms with Crippen LogP contribution in [0.3, 0.4) is 0 Å². The molecule has 1 aromatic heterocycles. The molecule has 5 heteroatoms. The first-order valence-corrected chi connectivity index (χ1v) is 7.13. The fourth-order valence-electron chi connectivity index (χ4n) is 1.54. The molecule has 1 aromatic carbocycles. The van der Waals surface area contributed by atoms with E-state index in [9.17, 15) is 4.79 Å². The lowest BCUT2D eigenvalue weighted by Gasteiger charge is -2.01. The van der Waals surface area contributed by atoms with Crippen LogP contribution in [0, 0.1) is 11.8 Å². The van der Waals surface area contributed by atoms with E-state index in [0.29, 0.717) is 17.3 Å². The molecule has 4 nitrogen and oxygen atoms in total. The van der Waals surface area contributed by atoms with Gasteiger partial charge in [0.25, 0.3) is 5.56 Å². The van der Waals surface area contributed by atoms with E-state index < -0.39 is 0 Å². The van der Waals surface area contributed by atoms with E-state index in [4.69, 9.17) is 5.11 Å². The summed E-state index contributed by atoms with van der Waals surface area (Å²) in [5, 5.41) is 9.30. The third kappa shape index (κ3) is 4.57. The molecule has 102 valence electrons. The number of aromatic amines is 1. The first-order valence-electron chi connectivity index (χ1n) is 6.15. The van der Waals surface area contributed by atoms with Gasteiger partial charge in [0, 0.05) is 30.0 Å². The summed E-state index contributed by atoms with van der Waals surface area (Å²) in [6.07, 6.45) is 1.98. The summed E-state index contributed by atoms with van der Waals surface area (Å²) >= 11 is 1.47. The molecule has 2 N–H and O–H groups in total. The number of thioether (sulfide) groups is 1. The van der Waals surface area contributed by atoms with Crippen molar-refractivity contribution in [3.8, 4) is 11.8 Å². The molecule has 0 amide bonds. The highest BCUT2D eigenvalue weighted by atomic mass is 32.2. The highest BCUT2D eigenvalue weighted by Gasteiger charge is 1.99. The second kappa shape index (κ2) is 7.53. The number of benzene rings is 1. The number of nitrogens with one attached hydrogen (secondary N) is 1. The first kappa shape index (κ1) is 14.4. The van der Waals surface area contributed by atoms with E-state index in [2.05, 4.69) is 21.8 Å². The molecule has 0 aliphatic rings. The molecular weight excluding hydrogens is 272 g/mol. The number of H-pyrrole nitrogens is 1. The number of rotatable bonds is 4. The molecule has 0 atom stereocenters. The third-order valence-corrected chi connectivity index (χ3v) is 3.38. The highest BCUT2D eigenvalue weighted by molar-refractivity contribution is 7.98. The van der Waals surface area contributed by atoms with Crippen LogP contribution in [0.5, 0.6) is 0 Å². The highest BCUT2D eigenvalue weighted by Crippen LogP contribution is 2.18. The van der Waals surface area contributed by atoms with E-state index in [1.807, 2.05) is 24.3 Å². The van der Waals surface area contributed by atoms with E-state index in [-0.39, 0.29) is 12.2 Å². The monoisotopic (exact) mass is 286 g/mol. The number of hydrogen-bond donors (Lipinski definition) is 2. The maximum atomic E-state index is 11.2. The lowest BCUT2D eigenvalue weighted by molar-refractivity contribution is 0.305. The van der Waals surface area contributed by atoms with Gasteiger partial charge in [-0.25, -0.2) is 4.98 Å². The molecule has 0 saturated carbocycles. The molecule has 0 saturated heterocycles. The van der Waals surface area contributed by atoms with Crippen LogP contribution in [0.4, 0.5) is 0 Å². The lowest BCUT2D eigenvalue weighted by atomic mass is 10.1. The van der Waals surface area contributed by atoms with Gasteiger partial charge >= 0.3 is 0 Å². The van der Waals surface area contributed by atoms with Crippen molar-refractivity contribution < 1.29 is 5.11 Å². The molecule has 0 fully saturated rings. The molecule has 0 aliphatic heterocycles. The van der Waals surface area contributed by atoms with Crippen LogP contribution < -0.4 is 5.56 Å². The van der Waals surface area contributed by atoms with Crippen molar-refractivity contribution >= 4 is 11.8 Å². The second-order valence-electron chi connectivity index (χ2n) is 4.00. The molecule has 2 aromatic rings. The van der Waals surface area contributed by atoms with Crippen molar-refractivity contribution in [2.75, 3.05) is 6.61 Å². The van der Waals surface area contributed by atoms with Gasteiger partial charge in [-0.05, 0) is 17.7 Å². The lowest BCUT2D eigenvalue weighted by Crippen LogP contribution is -2.05. The first-order chi connectivity index (χ1) is 9.78. The minimum atomic E-state index is -0.147. The number of aliphatic hydroxyl groups excluding tert-OH is 1. The zero-order valence-electron chi connectivity index (χ0n) is 10.8. The van der Waals surface area contributed by atoms with Crippen LogP contribution in [0.15, 0.2) is 46.5 Å². The largest absolute Gasteiger partial charge is 0.395 e. The standard InChI is InChI=1S/C15H14N2O2S/c18-9-2-1-4-12-5-3-6-13(10-12)11-20-15-16-8-7-14(19)17-15/h3,5-8,10,18H,2,9,11H2,(H,16,17,19). The van der Waals surface area contributed by atoms with E-state index in [1.165, 1.54) is 24.0 Å². The van der Waals surface area contributed by atoms with Crippen LogP contribution in [0.1, 0.15) is 17.5 Å². The molecule has 1 heterocycles. The minimum absolute atomic E-state index is 0.0790. The Bertz CT molecular complexity index is 686. The zero-order valence-corrected chi connectivity index (χ0v) is 11.6. The van der Waals surface area contributed by atoms with Crippen LogP contribution >= 0.6 is 11.8 Å². The molecule has 0 radical (unpaired) electrons. The number of nitrogens with zero attached hydrogens (tertiary/aromatic N) is 1. The van der Waals surface area contributed by atoms with Crippen molar-refractivity contribution in [2.24, 2.45) is 0 Å². The van der Waals surface area contributed by atoms with Gasteiger partial charge in [-0.1, -0.05) is 35.7 Å². The van der Waals surface area contributed by atoms with Crippen molar-refractivity contribution in [3.63, 3.8) is 0 Å². The van der Waals surface area contributed by atoms with Crippen molar-refractivity contribution in [2.45, 2.75) is 17.3 Å². The molecule has 0 unspecified atom stereocenters. The fraction of sp³-hybridized carbons (Fsp3) is 0.200. The van der Waals surface area contributed by atoms with E-state index in [0.717, 1.165) is 11.1 Å². The quantitative estimate of drug-likeness (QED) is 0.511. The Balaban J connectivity index is 2.01. The maximum Gasteiger partial charge on any atom is 0.251 e. The summed E-state index contributed by atoms with van der Waals surface area (Å²) in [4.78, 5) is 17.9. The van der Waals surface area contributed by atoms with Crippen molar-refractivity contribution in [1.29, 1.82) is 0 Å². The van der Waals surface area contributed by atoms with Gasteiger partial charge in [0.15, 0.2) is 5.16 Å². The minimum Gasteiger partial charge on any atom is -0.395 e. The maximum absolute atomic E-state index is 11.2. The normalized spacial score (nSPS) is 9.85. The van der Waals surface area contributed by atoms with E-state index in [1.54, 1.807) is 0 Å². The van der Waals surface area contributed by atoms with Crippen LogP contribution in [0.2, 0.25) is 0 Å². The van der Waals surface area contributed by atoms with Gasteiger partial charge < -0.3 is 10.1 Å². The second-order valence-corrected chi connectivity index (χ2v) is 4.97. The summed E-state index contributed by atoms with van der Waals surface area (Å²) in [6.45, 7) is 0.0790. The van der Waals surface area contributed by atoms with E-state index >= 15 is 0 Å². The smallest absolute Gasteiger partial charge is 0.251 e. The van der Waals surface area contributed by atoms with Crippen LogP contribution in [-0.4, -0.2) is 21.7 Å². The summed E-state index contributed by atoms with van der Waals surface area (Å²) < 4.78 is 0. The molecule has 20 heavy (non-hydrogen) atoms. The summed E-state index contributed by atoms with van der Waals surface area (Å²) in [7, 11) is 0. The molecule has 2 rings (SSSR count). The Morgan fingerprint density at radius 1 is 1.35 bits per heavy atom. The van der Waals surface area contributed by atoms with Gasteiger partial charge in [0.05, 0.1) is 6.61 Å². The van der Waals surface area contributed by atoms with Gasteiger partial charge in [-0.3, -0.25) is 4.79 Å². The number of hydrogen-bond acceptors (Lipinski definition) is 4. The molecular formula is C15H14N2O2S. The molecule has 0 aliphatic carbocycles. The third-order valence-electron chi connectivity index (χ3n) is 2.42. The summed E-state index contributed by atoms with van der Waals surface area (Å²) in [5.74, 6) is 6.60.